The molecule has 0 unspecified atom stereocenters. The van der Waals surface area contributed by atoms with Gasteiger partial charge in [0.2, 0.25) is 11.8 Å². The second-order valence-electron chi connectivity index (χ2n) is 3.51. The van der Waals surface area contributed by atoms with Crippen molar-refractivity contribution in [3.05, 3.63) is 12.7 Å². The zero-order valence-electron chi connectivity index (χ0n) is 8.81. The van der Waals surface area contributed by atoms with Crippen molar-refractivity contribution >= 4 is 17.8 Å². The van der Waals surface area contributed by atoms with Crippen LogP contribution in [0.2, 0.25) is 0 Å². The summed E-state index contributed by atoms with van der Waals surface area (Å²) in [6.45, 7) is 3.49. The molecule has 0 aromatic heterocycles. The zero-order chi connectivity index (χ0) is 12.1. The summed E-state index contributed by atoms with van der Waals surface area (Å²) < 4.78 is 0. The highest BCUT2D eigenvalue weighted by Gasteiger charge is 2.33. The third-order valence-electron chi connectivity index (χ3n) is 2.46. The lowest BCUT2D eigenvalue weighted by Gasteiger charge is -2.21. The Morgan fingerprint density at radius 1 is 1.50 bits per heavy atom. The van der Waals surface area contributed by atoms with Crippen molar-refractivity contribution in [3.63, 3.8) is 0 Å². The Kier molecular flexibility index (Phi) is 4.04. The molecule has 6 nitrogen and oxygen atoms in total. The highest BCUT2D eigenvalue weighted by atomic mass is 16.4. The van der Waals surface area contributed by atoms with E-state index in [0.717, 1.165) is 6.08 Å². The summed E-state index contributed by atoms with van der Waals surface area (Å²) >= 11 is 0. The summed E-state index contributed by atoms with van der Waals surface area (Å²) in [6.07, 6.45) is 2.21. The fourth-order valence-electron chi connectivity index (χ4n) is 1.66. The molecule has 0 aliphatic carbocycles. The Balaban J connectivity index is 2.50. The summed E-state index contributed by atoms with van der Waals surface area (Å²) in [6, 6.07) is -0.756. The van der Waals surface area contributed by atoms with Crippen LogP contribution in [0.15, 0.2) is 12.7 Å². The van der Waals surface area contributed by atoms with Crippen molar-refractivity contribution in [2.75, 3.05) is 13.1 Å². The summed E-state index contributed by atoms with van der Waals surface area (Å²) in [4.78, 5) is 34.5. The first kappa shape index (κ1) is 12.2. The van der Waals surface area contributed by atoms with Crippen LogP contribution in [0.5, 0.6) is 0 Å². The lowest BCUT2D eigenvalue weighted by molar-refractivity contribution is -0.148. The first-order valence-corrected chi connectivity index (χ1v) is 4.98. The van der Waals surface area contributed by atoms with E-state index in [2.05, 4.69) is 11.9 Å². The minimum atomic E-state index is -0.999. The van der Waals surface area contributed by atoms with Crippen LogP contribution in [0.1, 0.15) is 12.8 Å². The number of likely N-dealkylation sites (tertiary alicyclic amines) is 1. The molecular weight excluding hydrogens is 212 g/mol. The fourth-order valence-corrected chi connectivity index (χ4v) is 1.66. The van der Waals surface area contributed by atoms with Crippen LogP contribution in [-0.2, 0) is 14.4 Å². The highest BCUT2D eigenvalue weighted by Crippen LogP contribution is 2.16. The van der Waals surface area contributed by atoms with Crippen molar-refractivity contribution in [2.24, 2.45) is 0 Å². The van der Waals surface area contributed by atoms with E-state index in [1.165, 1.54) is 4.90 Å². The zero-order valence-corrected chi connectivity index (χ0v) is 8.81. The predicted molar refractivity (Wildman–Crippen MR) is 55.6 cm³/mol. The van der Waals surface area contributed by atoms with E-state index in [0.29, 0.717) is 19.4 Å². The highest BCUT2D eigenvalue weighted by molar-refractivity contribution is 5.92. The Morgan fingerprint density at radius 3 is 2.75 bits per heavy atom. The SMILES string of the molecule is C=CC(=O)NCC(=O)N1CCC[C@H]1C(=O)O. The van der Waals surface area contributed by atoms with Crippen LogP contribution < -0.4 is 5.32 Å². The molecule has 0 saturated carbocycles. The van der Waals surface area contributed by atoms with Crippen LogP contribution in [0, 0.1) is 0 Å². The molecule has 0 aromatic rings. The minimum absolute atomic E-state index is 0.186. The number of aliphatic carboxylic acids is 1. The lowest BCUT2D eigenvalue weighted by Crippen LogP contribution is -2.45. The molecule has 16 heavy (non-hydrogen) atoms. The molecule has 0 aromatic carbocycles. The molecular formula is C10H14N2O4. The number of carbonyl (C=O) groups is 3. The van der Waals surface area contributed by atoms with Gasteiger partial charge in [-0.1, -0.05) is 6.58 Å². The van der Waals surface area contributed by atoms with E-state index in [-0.39, 0.29) is 12.5 Å². The molecule has 6 heteroatoms. The molecule has 1 atom stereocenters. The first-order valence-electron chi connectivity index (χ1n) is 4.98. The van der Waals surface area contributed by atoms with Gasteiger partial charge < -0.3 is 15.3 Å². The van der Waals surface area contributed by atoms with E-state index in [4.69, 9.17) is 5.11 Å². The number of rotatable bonds is 4. The molecule has 1 aliphatic rings. The van der Waals surface area contributed by atoms with Crippen molar-refractivity contribution in [2.45, 2.75) is 18.9 Å². The van der Waals surface area contributed by atoms with Gasteiger partial charge in [-0.3, -0.25) is 9.59 Å². The molecule has 1 aliphatic heterocycles. The van der Waals surface area contributed by atoms with Crippen molar-refractivity contribution in [3.8, 4) is 0 Å². The fraction of sp³-hybridized carbons (Fsp3) is 0.500. The average Bonchev–Trinajstić information content (AvgIpc) is 2.74. The normalized spacial score (nSPS) is 19.2. The van der Waals surface area contributed by atoms with E-state index in [1.54, 1.807) is 0 Å². The number of carboxylic acid groups (broad SMARTS) is 1. The second kappa shape index (κ2) is 5.29. The van der Waals surface area contributed by atoms with Gasteiger partial charge in [0, 0.05) is 6.54 Å². The summed E-state index contributed by atoms with van der Waals surface area (Å²) in [5.74, 6) is -1.82. The number of hydrogen-bond donors (Lipinski definition) is 2. The van der Waals surface area contributed by atoms with Crippen LogP contribution in [-0.4, -0.2) is 46.9 Å². The van der Waals surface area contributed by atoms with Crippen molar-refractivity contribution in [1.29, 1.82) is 0 Å². The van der Waals surface area contributed by atoms with Crippen molar-refractivity contribution in [1.82, 2.24) is 10.2 Å². The van der Waals surface area contributed by atoms with Gasteiger partial charge in [-0.15, -0.1) is 0 Å². The lowest BCUT2D eigenvalue weighted by atomic mass is 10.2. The standard InChI is InChI=1S/C10H14N2O4/c1-2-8(13)11-6-9(14)12-5-3-4-7(12)10(15)16/h2,7H,1,3-6H2,(H,11,13)(H,15,16)/t7-/m0/s1. The maximum Gasteiger partial charge on any atom is 0.326 e. The van der Waals surface area contributed by atoms with Gasteiger partial charge in [-0.05, 0) is 18.9 Å². The minimum Gasteiger partial charge on any atom is -0.480 e. The largest absolute Gasteiger partial charge is 0.480 e. The predicted octanol–water partition coefficient (Wildman–Crippen LogP) is -0.636. The molecule has 0 bridgehead atoms. The van der Waals surface area contributed by atoms with Crippen LogP contribution in [0.3, 0.4) is 0 Å². The number of carbonyl (C=O) groups excluding carboxylic acids is 2. The molecule has 88 valence electrons. The molecule has 2 amide bonds. The number of carboxylic acids is 1. The number of hydrogen-bond acceptors (Lipinski definition) is 3. The van der Waals surface area contributed by atoms with Gasteiger partial charge >= 0.3 is 5.97 Å². The third-order valence-corrected chi connectivity index (χ3v) is 2.46. The number of amides is 2. The Morgan fingerprint density at radius 2 is 2.19 bits per heavy atom. The van der Waals surface area contributed by atoms with Crippen molar-refractivity contribution < 1.29 is 19.5 Å². The Labute approximate surface area is 92.9 Å². The van der Waals surface area contributed by atoms with Gasteiger partial charge in [0.1, 0.15) is 6.04 Å². The molecule has 1 saturated heterocycles. The maximum absolute atomic E-state index is 11.6. The van der Waals surface area contributed by atoms with Gasteiger partial charge in [0.25, 0.3) is 0 Å². The maximum atomic E-state index is 11.6. The van der Waals surface area contributed by atoms with Crippen LogP contribution in [0.25, 0.3) is 0 Å². The molecule has 1 rings (SSSR count). The van der Waals surface area contributed by atoms with Crippen LogP contribution >= 0.6 is 0 Å². The van der Waals surface area contributed by atoms with E-state index >= 15 is 0 Å². The molecule has 0 radical (unpaired) electrons. The van der Waals surface area contributed by atoms with Gasteiger partial charge in [-0.2, -0.15) is 0 Å². The number of nitrogens with zero attached hydrogens (tertiary/aromatic N) is 1. The topological polar surface area (TPSA) is 86.7 Å². The summed E-state index contributed by atoms with van der Waals surface area (Å²) in [5.41, 5.74) is 0. The molecule has 2 N–H and O–H groups in total. The van der Waals surface area contributed by atoms with Gasteiger partial charge in [0.15, 0.2) is 0 Å². The smallest absolute Gasteiger partial charge is 0.326 e. The van der Waals surface area contributed by atoms with Crippen LogP contribution in [0.4, 0.5) is 0 Å². The van der Waals surface area contributed by atoms with Gasteiger partial charge in [-0.25, -0.2) is 4.79 Å². The third kappa shape index (κ3) is 2.82. The van der Waals surface area contributed by atoms with E-state index in [1.807, 2.05) is 0 Å². The second-order valence-corrected chi connectivity index (χ2v) is 3.51. The molecule has 0 spiro atoms. The molecule has 1 heterocycles. The number of nitrogens with one attached hydrogen (secondary N) is 1. The van der Waals surface area contributed by atoms with E-state index in [9.17, 15) is 14.4 Å². The average molecular weight is 226 g/mol. The first-order chi connectivity index (χ1) is 7.56. The Bertz CT molecular complexity index is 327. The quantitative estimate of drug-likeness (QED) is 0.624. The van der Waals surface area contributed by atoms with Gasteiger partial charge in [0.05, 0.1) is 6.54 Å². The summed E-state index contributed by atoms with van der Waals surface area (Å²) in [7, 11) is 0. The molecule has 1 fully saturated rings. The monoisotopic (exact) mass is 226 g/mol. The van der Waals surface area contributed by atoms with E-state index < -0.39 is 17.9 Å². The summed E-state index contributed by atoms with van der Waals surface area (Å²) in [5, 5.41) is 11.2. The Hall–Kier alpha value is -1.85.